The molecule has 0 unspecified atom stereocenters. The van der Waals surface area contributed by atoms with Gasteiger partial charge < -0.3 is 0 Å². The van der Waals surface area contributed by atoms with E-state index in [4.69, 9.17) is 5.11 Å². The zero-order chi connectivity index (χ0) is 8.55. The second-order valence-corrected chi connectivity index (χ2v) is 4.85. The van der Waals surface area contributed by atoms with Crippen LogP contribution in [0, 0.1) is 0 Å². The van der Waals surface area contributed by atoms with Gasteiger partial charge in [0.1, 0.15) is 0 Å². The summed E-state index contributed by atoms with van der Waals surface area (Å²) in [6.07, 6.45) is 0. The normalized spacial score (nSPS) is 14.3. The maximum atomic E-state index is 10.6. The predicted molar refractivity (Wildman–Crippen MR) is 46.6 cm³/mol. The Morgan fingerprint density at radius 2 is 2.08 bits per heavy atom. The molecule has 0 aliphatic carbocycles. The third-order valence-electron chi connectivity index (χ3n) is 1.97. The molecule has 0 spiro atoms. The van der Waals surface area contributed by atoms with Gasteiger partial charge in [-0.3, -0.25) is 0 Å². The van der Waals surface area contributed by atoms with Gasteiger partial charge in [0.25, 0.3) is 0 Å². The van der Waals surface area contributed by atoms with Crippen molar-refractivity contribution in [1.82, 2.24) is 0 Å². The van der Waals surface area contributed by atoms with Gasteiger partial charge >= 0.3 is 76.4 Å². The van der Waals surface area contributed by atoms with E-state index in [-0.39, 0.29) is 0 Å². The van der Waals surface area contributed by atoms with E-state index in [9.17, 15) is 4.79 Å². The number of hydrogen-bond acceptors (Lipinski definition) is 1. The van der Waals surface area contributed by atoms with Crippen LogP contribution >= 0.6 is 0 Å². The fourth-order valence-corrected chi connectivity index (χ4v) is 3.60. The van der Waals surface area contributed by atoms with Crippen LogP contribution in [0.3, 0.4) is 0 Å². The Balaban J connectivity index is 2.45. The van der Waals surface area contributed by atoms with Gasteiger partial charge in [-0.2, -0.15) is 0 Å². The van der Waals surface area contributed by atoms with Gasteiger partial charge in [-0.1, -0.05) is 0 Å². The molecule has 2 nitrogen and oxygen atoms in total. The molecule has 0 radical (unpaired) electrons. The summed E-state index contributed by atoms with van der Waals surface area (Å²) in [5.74, 6) is -0.822. The fraction of sp³-hybridized carbons (Fsp3) is 0.222. The number of aromatic carboxylic acids is 1. The van der Waals surface area contributed by atoms with E-state index in [0.29, 0.717) is 20.5 Å². The molecule has 0 aromatic heterocycles. The summed E-state index contributed by atoms with van der Waals surface area (Å²) in [5, 5.41) is 11.0. The Hall–Kier alpha value is -0.791. The van der Waals surface area contributed by atoms with Crippen molar-refractivity contribution in [3.05, 3.63) is 34.9 Å². The number of carboxylic acids is 1. The van der Waals surface area contributed by atoms with E-state index >= 15 is 0 Å². The van der Waals surface area contributed by atoms with Gasteiger partial charge in [-0.05, 0) is 0 Å². The van der Waals surface area contributed by atoms with Crippen molar-refractivity contribution in [3.63, 3.8) is 0 Å². The minimum absolute atomic E-state index is 0.423. The van der Waals surface area contributed by atoms with Gasteiger partial charge in [0, 0.05) is 0 Å². The first kappa shape index (κ1) is 7.84. The Morgan fingerprint density at radius 3 is 2.83 bits per heavy atom. The summed E-state index contributed by atoms with van der Waals surface area (Å²) in [5.41, 5.74) is 3.02. The van der Waals surface area contributed by atoms with E-state index in [1.165, 1.54) is 16.4 Å². The molecule has 12 heavy (non-hydrogen) atoms. The van der Waals surface area contributed by atoms with E-state index in [2.05, 4.69) is 0 Å². The van der Waals surface area contributed by atoms with Crippen LogP contribution < -0.4 is 0 Å². The molecule has 1 aliphatic heterocycles. The summed E-state index contributed by atoms with van der Waals surface area (Å²) >= 11 is 0.666. The van der Waals surface area contributed by atoms with Crippen molar-refractivity contribution in [2.24, 2.45) is 0 Å². The molecule has 0 fully saturated rings. The SMILES string of the molecule is O=C(O)c1ccc2c(c1)C[Se]C2. The van der Waals surface area contributed by atoms with E-state index in [1.54, 1.807) is 6.07 Å². The van der Waals surface area contributed by atoms with E-state index in [0.717, 1.165) is 5.32 Å². The molecule has 62 valence electrons. The number of rotatable bonds is 1. The van der Waals surface area contributed by atoms with Crippen LogP contribution in [-0.4, -0.2) is 26.0 Å². The number of carbonyl (C=O) groups is 1. The van der Waals surface area contributed by atoms with Gasteiger partial charge in [0.05, 0.1) is 0 Å². The molecule has 3 heteroatoms. The zero-order valence-electron chi connectivity index (χ0n) is 6.41. The average molecular weight is 227 g/mol. The van der Waals surface area contributed by atoms with Gasteiger partial charge in [-0.15, -0.1) is 0 Å². The molecular formula is C9H8O2Se. The first-order valence-corrected chi connectivity index (χ1v) is 6.12. The molecule has 0 atom stereocenters. The maximum absolute atomic E-state index is 10.6. The van der Waals surface area contributed by atoms with Crippen molar-refractivity contribution < 1.29 is 9.90 Å². The Bertz CT molecular complexity index is 333. The molecule has 1 aromatic carbocycles. The van der Waals surface area contributed by atoms with Crippen molar-refractivity contribution in [3.8, 4) is 0 Å². The molecule has 1 heterocycles. The van der Waals surface area contributed by atoms with Crippen LogP contribution in [0.4, 0.5) is 0 Å². The third kappa shape index (κ3) is 1.26. The van der Waals surface area contributed by atoms with Crippen molar-refractivity contribution >= 4 is 20.9 Å². The van der Waals surface area contributed by atoms with Crippen LogP contribution in [0.1, 0.15) is 21.5 Å². The van der Waals surface area contributed by atoms with Crippen molar-refractivity contribution in [2.75, 3.05) is 0 Å². The second kappa shape index (κ2) is 2.92. The minimum atomic E-state index is -0.822. The standard InChI is InChI=1S/C9H8O2Se/c10-9(11)6-1-2-7-4-12-5-8(7)3-6/h1-3H,4-5H2,(H,10,11). The zero-order valence-corrected chi connectivity index (χ0v) is 8.12. The Morgan fingerprint density at radius 1 is 1.33 bits per heavy atom. The molecule has 1 N–H and O–H groups in total. The molecule has 0 amide bonds. The van der Waals surface area contributed by atoms with Crippen LogP contribution in [-0.2, 0) is 10.6 Å². The number of hydrogen-bond donors (Lipinski definition) is 1. The first-order chi connectivity index (χ1) is 5.77. The second-order valence-electron chi connectivity index (χ2n) is 2.78. The molecule has 0 bridgehead atoms. The molecule has 1 aliphatic rings. The summed E-state index contributed by atoms with van der Waals surface area (Å²) < 4.78 is 0. The fourth-order valence-electron chi connectivity index (χ4n) is 1.31. The van der Waals surface area contributed by atoms with Crippen LogP contribution in [0.15, 0.2) is 18.2 Å². The van der Waals surface area contributed by atoms with Gasteiger partial charge in [0.2, 0.25) is 0 Å². The molecule has 2 rings (SSSR count). The average Bonchev–Trinajstić information content (AvgIpc) is 2.49. The monoisotopic (exact) mass is 228 g/mol. The number of fused-ring (bicyclic) bond motifs is 1. The summed E-state index contributed by atoms with van der Waals surface area (Å²) in [6, 6.07) is 5.46. The summed E-state index contributed by atoms with van der Waals surface area (Å²) in [4.78, 5) is 10.6. The molecule has 0 saturated heterocycles. The first-order valence-electron chi connectivity index (χ1n) is 3.70. The van der Waals surface area contributed by atoms with Crippen molar-refractivity contribution in [2.45, 2.75) is 10.6 Å². The van der Waals surface area contributed by atoms with Crippen LogP contribution in [0.2, 0.25) is 0 Å². The Labute approximate surface area is 76.8 Å². The predicted octanol–water partition coefficient (Wildman–Crippen LogP) is 1.10. The van der Waals surface area contributed by atoms with Crippen LogP contribution in [0.25, 0.3) is 0 Å². The number of benzene rings is 1. The molecular weight excluding hydrogens is 219 g/mol. The third-order valence-corrected chi connectivity index (χ3v) is 4.13. The quantitative estimate of drug-likeness (QED) is 0.729. The van der Waals surface area contributed by atoms with Gasteiger partial charge in [0.15, 0.2) is 0 Å². The summed E-state index contributed by atoms with van der Waals surface area (Å²) in [7, 11) is 0. The summed E-state index contributed by atoms with van der Waals surface area (Å²) in [6.45, 7) is 0. The van der Waals surface area contributed by atoms with Gasteiger partial charge in [-0.25, -0.2) is 0 Å². The number of carboxylic acid groups (broad SMARTS) is 1. The Kier molecular flexibility index (Phi) is 1.91. The van der Waals surface area contributed by atoms with E-state index in [1.807, 2.05) is 12.1 Å². The van der Waals surface area contributed by atoms with E-state index < -0.39 is 5.97 Å². The van der Waals surface area contributed by atoms with Crippen LogP contribution in [0.5, 0.6) is 0 Å². The topological polar surface area (TPSA) is 37.3 Å². The molecule has 1 aromatic rings. The van der Waals surface area contributed by atoms with Crippen molar-refractivity contribution in [1.29, 1.82) is 0 Å². The molecule has 0 saturated carbocycles.